The van der Waals surface area contributed by atoms with Gasteiger partial charge in [0.25, 0.3) is 0 Å². The molecule has 0 N–H and O–H groups in total. The molecule has 10 aromatic rings. The van der Waals surface area contributed by atoms with E-state index in [1.807, 2.05) is 66.7 Å². The molecule has 6 heteroatoms. The van der Waals surface area contributed by atoms with Crippen molar-refractivity contribution in [3.05, 3.63) is 169 Å². The zero-order valence-electron chi connectivity index (χ0n) is 29.5. The van der Waals surface area contributed by atoms with Crippen molar-refractivity contribution in [1.29, 1.82) is 0 Å². The first-order valence-electron chi connectivity index (χ1n) is 17.4. The summed E-state index contributed by atoms with van der Waals surface area (Å²) in [6.45, 7) is -2.09. The fourth-order valence-electron chi connectivity index (χ4n) is 6.35. The molecule has 0 aliphatic heterocycles. The van der Waals surface area contributed by atoms with Crippen molar-refractivity contribution >= 4 is 54.8 Å². The topological polar surface area (TPSA) is 56.7 Å². The molecule has 1 radical (unpaired) electrons. The van der Waals surface area contributed by atoms with Crippen LogP contribution in [0.15, 0.2) is 156 Å². The number of aromatic nitrogens is 4. The summed E-state index contributed by atoms with van der Waals surface area (Å²) in [5.74, 6) is 0.757. The van der Waals surface area contributed by atoms with E-state index in [0.717, 1.165) is 77.5 Å². The number of fused-ring (bicyclic) bond motifs is 7. The number of hydrogen-bond acceptors (Lipinski definition) is 4. The molecule has 0 fully saturated rings. The van der Waals surface area contributed by atoms with Crippen LogP contribution in [0.3, 0.4) is 0 Å². The standard InChI is InChI=1S/C32H18N3O.C12H10N.Ir/c1-2-11-22(12-3-1)35-28-19-21-10-5-7-16-27(21)33-31(28)34-32(35)26-15-8-14-24-25-18-17-20-9-4-6-13-23(20)29(25)36-30(24)26;1-10-7-8-12(13-9-10)11-5-3-2-4-6-11;/h1-14,16-19H;2-5,7-9H,1H3;/q2*-1;/i;1D3;. The van der Waals surface area contributed by atoms with Gasteiger partial charge >= 0.3 is 0 Å². The van der Waals surface area contributed by atoms with Crippen LogP contribution in [0.1, 0.15) is 9.68 Å². The van der Waals surface area contributed by atoms with Gasteiger partial charge in [0.2, 0.25) is 0 Å². The van der Waals surface area contributed by atoms with Crippen LogP contribution in [-0.2, 0) is 20.1 Å². The molecular formula is C44H28IrN4O-2. The van der Waals surface area contributed by atoms with Crippen LogP contribution in [0.5, 0.6) is 0 Å². The van der Waals surface area contributed by atoms with Gasteiger partial charge in [0.05, 0.1) is 22.4 Å². The molecular weight excluding hydrogens is 793 g/mol. The minimum atomic E-state index is -2.09. The molecule has 0 amide bonds. The number of aryl methyl sites for hydroxylation is 1. The molecule has 0 atom stereocenters. The van der Waals surface area contributed by atoms with Crippen molar-refractivity contribution in [1.82, 2.24) is 19.5 Å². The molecule has 0 spiro atoms. The Bertz CT molecular complexity index is 2890. The molecule has 4 heterocycles. The summed E-state index contributed by atoms with van der Waals surface area (Å²) in [6.07, 6.45) is 1.39. The monoisotopic (exact) mass is 824 g/mol. The van der Waals surface area contributed by atoms with Gasteiger partial charge in [0.15, 0.2) is 5.65 Å². The smallest absolute Gasteiger partial charge is 0.168 e. The quantitative estimate of drug-likeness (QED) is 0.167. The maximum absolute atomic E-state index is 7.23. The molecule has 0 saturated carbocycles. The van der Waals surface area contributed by atoms with Crippen molar-refractivity contribution in [2.24, 2.45) is 0 Å². The normalized spacial score (nSPS) is 12.3. The Labute approximate surface area is 306 Å². The van der Waals surface area contributed by atoms with Crippen LogP contribution in [0.4, 0.5) is 0 Å². The first-order valence-corrected chi connectivity index (χ1v) is 15.9. The minimum absolute atomic E-state index is 0. The Kier molecular flexibility index (Phi) is 7.36. The van der Waals surface area contributed by atoms with Gasteiger partial charge in [-0.2, -0.15) is 0 Å². The second-order valence-corrected chi connectivity index (χ2v) is 11.7. The van der Waals surface area contributed by atoms with Crippen molar-refractivity contribution in [3.8, 4) is 28.3 Å². The van der Waals surface area contributed by atoms with Crippen molar-refractivity contribution < 1.29 is 28.6 Å². The summed E-state index contributed by atoms with van der Waals surface area (Å²) in [5, 5.41) is 5.47. The Morgan fingerprint density at radius 3 is 2.28 bits per heavy atom. The number of para-hydroxylation sites is 2. The molecule has 0 unspecified atom stereocenters. The summed E-state index contributed by atoms with van der Waals surface area (Å²) >= 11 is 0. The van der Waals surface area contributed by atoms with E-state index >= 15 is 0 Å². The number of pyridine rings is 2. The fourth-order valence-corrected chi connectivity index (χ4v) is 6.35. The Hall–Kier alpha value is -5.94. The zero-order valence-corrected chi connectivity index (χ0v) is 28.9. The van der Waals surface area contributed by atoms with E-state index in [9.17, 15) is 0 Å². The van der Waals surface area contributed by atoms with Crippen LogP contribution in [0, 0.1) is 19.0 Å². The molecule has 241 valence electrons. The average Bonchev–Trinajstić information content (AvgIpc) is 3.76. The number of benzene rings is 6. The molecule has 0 aliphatic carbocycles. The first kappa shape index (κ1) is 28.0. The number of imidazole rings is 1. The molecule has 6 aromatic carbocycles. The van der Waals surface area contributed by atoms with Crippen LogP contribution in [0.2, 0.25) is 0 Å². The third kappa shape index (κ3) is 5.55. The molecule has 5 nitrogen and oxygen atoms in total. The van der Waals surface area contributed by atoms with Crippen LogP contribution >= 0.6 is 0 Å². The van der Waals surface area contributed by atoms with Gasteiger partial charge < -0.3 is 14.0 Å². The molecule has 4 aromatic heterocycles. The van der Waals surface area contributed by atoms with E-state index in [4.69, 9.17) is 18.5 Å². The van der Waals surface area contributed by atoms with Gasteiger partial charge in [-0.15, -0.1) is 54.1 Å². The third-order valence-electron chi connectivity index (χ3n) is 8.66. The van der Waals surface area contributed by atoms with Crippen LogP contribution in [-0.4, -0.2) is 19.5 Å². The minimum Gasteiger partial charge on any atom is -0.500 e. The van der Waals surface area contributed by atoms with E-state index in [1.165, 1.54) is 6.20 Å². The number of hydrogen-bond donors (Lipinski definition) is 0. The van der Waals surface area contributed by atoms with Gasteiger partial charge in [0, 0.05) is 52.3 Å². The van der Waals surface area contributed by atoms with E-state index in [1.54, 1.807) is 18.2 Å². The summed E-state index contributed by atoms with van der Waals surface area (Å²) in [5.41, 5.74) is 7.90. The molecule has 0 aliphatic rings. The molecule has 50 heavy (non-hydrogen) atoms. The number of furan rings is 1. The van der Waals surface area contributed by atoms with Crippen molar-refractivity contribution in [2.75, 3.05) is 0 Å². The second kappa shape index (κ2) is 13.2. The number of rotatable bonds is 3. The Balaban J connectivity index is 0.000000199. The predicted octanol–water partition coefficient (Wildman–Crippen LogP) is 10.9. The first-order chi connectivity index (χ1) is 25.4. The van der Waals surface area contributed by atoms with Crippen LogP contribution < -0.4 is 0 Å². The van der Waals surface area contributed by atoms with Gasteiger partial charge in [0.1, 0.15) is 5.58 Å². The van der Waals surface area contributed by atoms with Crippen molar-refractivity contribution in [3.63, 3.8) is 0 Å². The van der Waals surface area contributed by atoms with Crippen LogP contribution in [0.25, 0.3) is 83.1 Å². The molecule has 0 bridgehead atoms. The third-order valence-corrected chi connectivity index (χ3v) is 8.66. The Morgan fingerprint density at radius 1 is 0.660 bits per heavy atom. The molecule has 10 rings (SSSR count). The summed E-state index contributed by atoms with van der Waals surface area (Å²) in [6, 6.07) is 54.4. The van der Waals surface area contributed by atoms with E-state index in [2.05, 4.69) is 82.3 Å². The van der Waals surface area contributed by atoms with E-state index < -0.39 is 6.85 Å². The maximum Gasteiger partial charge on any atom is 0.168 e. The van der Waals surface area contributed by atoms with Gasteiger partial charge in [-0.05, 0) is 47.8 Å². The van der Waals surface area contributed by atoms with Gasteiger partial charge in [-0.25, -0.2) is 4.98 Å². The number of nitrogens with zero attached hydrogens (tertiary/aromatic N) is 4. The fraction of sp³-hybridized carbons (Fsp3) is 0.0227. The van der Waals surface area contributed by atoms with Gasteiger partial charge in [-0.3, -0.25) is 4.98 Å². The summed E-state index contributed by atoms with van der Waals surface area (Å²) in [7, 11) is 0. The summed E-state index contributed by atoms with van der Waals surface area (Å²) < 4.78 is 30.5. The maximum atomic E-state index is 7.23. The largest absolute Gasteiger partial charge is 0.500 e. The molecule has 0 saturated heterocycles. The predicted molar refractivity (Wildman–Crippen MR) is 199 cm³/mol. The van der Waals surface area contributed by atoms with E-state index in [0.29, 0.717) is 5.65 Å². The zero-order chi connectivity index (χ0) is 35.2. The Morgan fingerprint density at radius 2 is 1.46 bits per heavy atom. The van der Waals surface area contributed by atoms with E-state index in [-0.39, 0.29) is 25.7 Å². The van der Waals surface area contributed by atoms with Crippen molar-refractivity contribution in [2.45, 2.75) is 6.85 Å². The SMILES string of the molecule is [2H]C([2H])([2H])c1ccc(-c2[c-]cccc2)nc1.[Ir].[c-]1ccc2c(oc3c4ccccc4ccc23)c1-c1nc2nc3ccccc3cc2n1-c1ccccc1. The second-order valence-electron chi connectivity index (χ2n) is 11.7. The summed E-state index contributed by atoms with van der Waals surface area (Å²) in [4.78, 5) is 14.1. The average molecular weight is 824 g/mol. The van der Waals surface area contributed by atoms with Gasteiger partial charge in [-0.1, -0.05) is 95.9 Å².